The van der Waals surface area contributed by atoms with Gasteiger partial charge in [0.25, 0.3) is 11.5 Å². The highest BCUT2D eigenvalue weighted by Crippen LogP contribution is 2.15. The van der Waals surface area contributed by atoms with E-state index < -0.39 is 35.6 Å². The van der Waals surface area contributed by atoms with Gasteiger partial charge in [-0.1, -0.05) is 30.3 Å². The number of carbonyl (C=O) groups excluding carboxylic acids is 2. The van der Waals surface area contributed by atoms with E-state index in [1.54, 1.807) is 6.07 Å². The molecule has 0 spiro atoms. The van der Waals surface area contributed by atoms with Crippen molar-refractivity contribution < 1.29 is 18.4 Å². The van der Waals surface area contributed by atoms with Crippen molar-refractivity contribution in [2.45, 2.75) is 0 Å². The fourth-order valence-corrected chi connectivity index (χ4v) is 2.47. The number of rotatable bonds is 5. The highest BCUT2D eigenvalue weighted by atomic mass is 19.2. The molecule has 3 aromatic rings. The molecule has 2 amide bonds. The van der Waals surface area contributed by atoms with Crippen LogP contribution in [0.4, 0.5) is 14.5 Å². The smallest absolute Gasteiger partial charge is 0.261 e. The Bertz CT molecular complexity index is 1080. The minimum absolute atomic E-state index is 0.0446. The van der Waals surface area contributed by atoms with Gasteiger partial charge in [0.1, 0.15) is 5.56 Å². The van der Waals surface area contributed by atoms with Gasteiger partial charge in [-0.3, -0.25) is 14.4 Å². The number of carbonyl (C=O) groups is 2. The molecule has 0 aliphatic heterocycles. The molecule has 8 heteroatoms. The third kappa shape index (κ3) is 4.47. The van der Waals surface area contributed by atoms with Gasteiger partial charge in [0.15, 0.2) is 11.6 Å². The van der Waals surface area contributed by atoms with Crippen molar-refractivity contribution in [3.05, 3.63) is 88.2 Å². The summed E-state index contributed by atoms with van der Waals surface area (Å²) >= 11 is 0. The first kappa shape index (κ1) is 19.0. The van der Waals surface area contributed by atoms with E-state index in [0.717, 1.165) is 17.7 Å². The summed E-state index contributed by atoms with van der Waals surface area (Å²) in [6.07, 6.45) is 0. The molecule has 28 heavy (non-hydrogen) atoms. The van der Waals surface area contributed by atoms with Gasteiger partial charge in [-0.05, 0) is 29.8 Å². The van der Waals surface area contributed by atoms with Crippen LogP contribution in [0.15, 0.2) is 65.5 Å². The highest BCUT2D eigenvalue weighted by Gasteiger charge is 2.13. The third-order valence-corrected chi connectivity index (χ3v) is 3.85. The quantitative estimate of drug-likeness (QED) is 0.633. The van der Waals surface area contributed by atoms with Gasteiger partial charge in [-0.2, -0.15) is 0 Å². The Balaban J connectivity index is 1.62. The van der Waals surface area contributed by atoms with Crippen LogP contribution in [0.25, 0.3) is 11.3 Å². The Morgan fingerprint density at radius 2 is 1.68 bits per heavy atom. The molecule has 0 aliphatic rings. The summed E-state index contributed by atoms with van der Waals surface area (Å²) in [5, 5.41) is 4.62. The Hall–Kier alpha value is -3.81. The van der Waals surface area contributed by atoms with Crippen LogP contribution in [-0.4, -0.2) is 23.3 Å². The predicted octanol–water partition coefficient (Wildman–Crippen LogP) is 2.69. The number of hydrogen-bond donors (Lipinski definition) is 3. The second-order valence-electron chi connectivity index (χ2n) is 5.84. The number of aromatic amines is 1. The van der Waals surface area contributed by atoms with Crippen molar-refractivity contribution >= 4 is 17.5 Å². The Morgan fingerprint density at radius 3 is 2.36 bits per heavy atom. The first-order valence-electron chi connectivity index (χ1n) is 8.26. The van der Waals surface area contributed by atoms with Crippen LogP contribution in [-0.2, 0) is 4.79 Å². The monoisotopic (exact) mass is 383 g/mol. The summed E-state index contributed by atoms with van der Waals surface area (Å²) in [5.74, 6) is -3.53. The molecule has 6 nitrogen and oxygen atoms in total. The van der Waals surface area contributed by atoms with Crippen LogP contribution >= 0.6 is 0 Å². The minimum atomic E-state index is -1.10. The number of aromatic nitrogens is 1. The molecule has 2 aromatic carbocycles. The maximum atomic E-state index is 13.1. The van der Waals surface area contributed by atoms with E-state index in [2.05, 4.69) is 15.6 Å². The number of amides is 2. The van der Waals surface area contributed by atoms with Crippen molar-refractivity contribution in [3.63, 3.8) is 0 Å². The molecule has 0 aliphatic carbocycles. The van der Waals surface area contributed by atoms with Crippen LogP contribution in [0.3, 0.4) is 0 Å². The van der Waals surface area contributed by atoms with Crippen molar-refractivity contribution in [2.24, 2.45) is 0 Å². The maximum Gasteiger partial charge on any atom is 0.261 e. The van der Waals surface area contributed by atoms with Gasteiger partial charge in [-0.25, -0.2) is 8.78 Å². The Kier molecular flexibility index (Phi) is 5.59. The van der Waals surface area contributed by atoms with E-state index in [9.17, 15) is 23.2 Å². The van der Waals surface area contributed by atoms with Crippen molar-refractivity contribution in [2.75, 3.05) is 11.9 Å². The molecule has 0 bridgehead atoms. The van der Waals surface area contributed by atoms with Gasteiger partial charge in [0.2, 0.25) is 5.91 Å². The van der Waals surface area contributed by atoms with Crippen LogP contribution in [0.5, 0.6) is 0 Å². The highest BCUT2D eigenvalue weighted by molar-refractivity contribution is 5.99. The van der Waals surface area contributed by atoms with E-state index in [-0.39, 0.29) is 11.3 Å². The van der Waals surface area contributed by atoms with Crippen LogP contribution in [0.1, 0.15) is 10.4 Å². The number of pyridine rings is 1. The first-order valence-corrected chi connectivity index (χ1v) is 8.26. The SMILES string of the molecule is O=C(CNC(=O)c1ccc(-c2ccccc2)[nH]c1=O)Nc1ccc(F)c(F)c1. The Morgan fingerprint density at radius 1 is 0.929 bits per heavy atom. The lowest BCUT2D eigenvalue weighted by molar-refractivity contribution is -0.115. The van der Waals surface area contributed by atoms with E-state index >= 15 is 0 Å². The number of halogens is 2. The molecule has 0 fully saturated rings. The Labute approximate surface area is 158 Å². The maximum absolute atomic E-state index is 13.1. The fourth-order valence-electron chi connectivity index (χ4n) is 2.47. The fraction of sp³-hybridized carbons (Fsp3) is 0.0500. The molecular formula is C20H15F2N3O3. The number of hydrogen-bond acceptors (Lipinski definition) is 3. The number of nitrogens with one attached hydrogen (secondary N) is 3. The summed E-state index contributed by atoms with van der Waals surface area (Å²) in [6.45, 7) is -0.447. The van der Waals surface area contributed by atoms with E-state index in [1.165, 1.54) is 12.1 Å². The molecule has 0 unspecified atom stereocenters. The molecule has 1 aromatic heterocycles. The summed E-state index contributed by atoms with van der Waals surface area (Å²) < 4.78 is 26.0. The molecule has 0 saturated carbocycles. The zero-order chi connectivity index (χ0) is 20.1. The summed E-state index contributed by atoms with van der Waals surface area (Å²) in [5.41, 5.74) is 0.638. The predicted molar refractivity (Wildman–Crippen MR) is 99.8 cm³/mol. The third-order valence-electron chi connectivity index (χ3n) is 3.85. The molecule has 3 rings (SSSR count). The van der Waals surface area contributed by atoms with Crippen molar-refractivity contribution in [3.8, 4) is 11.3 Å². The summed E-state index contributed by atoms with van der Waals surface area (Å²) in [6, 6.07) is 14.9. The average molecular weight is 383 g/mol. The standard InChI is InChI=1S/C20H15F2N3O3/c21-15-8-6-13(10-16(15)22)24-18(26)11-23-19(27)14-7-9-17(25-20(14)28)12-4-2-1-3-5-12/h1-10H,11H2,(H,23,27)(H,24,26)(H,25,28). The van der Waals surface area contributed by atoms with Crippen LogP contribution in [0.2, 0.25) is 0 Å². The van der Waals surface area contributed by atoms with Gasteiger partial charge in [-0.15, -0.1) is 0 Å². The molecular weight excluding hydrogens is 368 g/mol. The van der Waals surface area contributed by atoms with E-state index in [1.807, 2.05) is 30.3 Å². The van der Waals surface area contributed by atoms with Crippen LogP contribution < -0.4 is 16.2 Å². The number of benzene rings is 2. The van der Waals surface area contributed by atoms with Gasteiger partial charge < -0.3 is 15.6 Å². The normalized spacial score (nSPS) is 10.4. The summed E-state index contributed by atoms with van der Waals surface area (Å²) in [7, 11) is 0. The largest absolute Gasteiger partial charge is 0.343 e. The van der Waals surface area contributed by atoms with Gasteiger partial charge in [0.05, 0.1) is 6.54 Å². The van der Waals surface area contributed by atoms with Crippen molar-refractivity contribution in [1.82, 2.24) is 10.3 Å². The molecule has 3 N–H and O–H groups in total. The zero-order valence-electron chi connectivity index (χ0n) is 14.5. The van der Waals surface area contributed by atoms with Crippen molar-refractivity contribution in [1.29, 1.82) is 0 Å². The lowest BCUT2D eigenvalue weighted by Crippen LogP contribution is -2.35. The lowest BCUT2D eigenvalue weighted by atomic mass is 10.1. The molecule has 142 valence electrons. The first-order chi connectivity index (χ1) is 13.4. The van der Waals surface area contributed by atoms with E-state index in [0.29, 0.717) is 5.69 Å². The van der Waals surface area contributed by atoms with E-state index in [4.69, 9.17) is 0 Å². The molecule has 0 radical (unpaired) electrons. The average Bonchev–Trinajstić information content (AvgIpc) is 2.69. The number of H-pyrrole nitrogens is 1. The van der Waals surface area contributed by atoms with Gasteiger partial charge in [0, 0.05) is 17.4 Å². The van der Waals surface area contributed by atoms with Gasteiger partial charge >= 0.3 is 0 Å². The molecule has 0 saturated heterocycles. The second kappa shape index (κ2) is 8.26. The zero-order valence-corrected chi connectivity index (χ0v) is 14.5. The lowest BCUT2D eigenvalue weighted by Gasteiger charge is -2.08. The second-order valence-corrected chi connectivity index (χ2v) is 5.84. The number of anilines is 1. The topological polar surface area (TPSA) is 91.1 Å². The molecule has 1 heterocycles. The minimum Gasteiger partial charge on any atom is -0.343 e. The summed E-state index contributed by atoms with van der Waals surface area (Å²) in [4.78, 5) is 38.8. The van der Waals surface area contributed by atoms with Crippen LogP contribution in [0, 0.1) is 11.6 Å². The molecule has 0 atom stereocenters.